The molecule has 0 aliphatic carbocycles. The fourth-order valence-corrected chi connectivity index (χ4v) is 2.65. The van der Waals surface area contributed by atoms with E-state index in [4.69, 9.17) is 5.73 Å². The smallest absolute Gasteiger partial charge is 0.319 e. The summed E-state index contributed by atoms with van der Waals surface area (Å²) in [6.45, 7) is 1.69. The molecular formula is C15H22BrClN4O2. The van der Waals surface area contributed by atoms with Crippen LogP contribution < -0.4 is 16.4 Å². The SMILES string of the molecule is Cl.NC1CCCN(C(=O)CCNC(=O)Nc2ccc(Br)cc2)C1. The fraction of sp³-hybridized carbons (Fsp3) is 0.467. The Bertz CT molecular complexity index is 527. The second kappa shape index (κ2) is 9.75. The lowest BCUT2D eigenvalue weighted by Crippen LogP contribution is -2.46. The molecule has 23 heavy (non-hydrogen) atoms. The molecule has 1 aliphatic heterocycles. The van der Waals surface area contributed by atoms with Gasteiger partial charge in [0.25, 0.3) is 0 Å². The van der Waals surface area contributed by atoms with Crippen LogP contribution in [0.5, 0.6) is 0 Å². The highest BCUT2D eigenvalue weighted by Gasteiger charge is 2.20. The lowest BCUT2D eigenvalue weighted by atomic mass is 10.1. The molecule has 0 radical (unpaired) electrons. The molecule has 1 saturated heterocycles. The Morgan fingerprint density at radius 2 is 2.00 bits per heavy atom. The van der Waals surface area contributed by atoms with Crippen molar-refractivity contribution < 1.29 is 9.59 Å². The van der Waals surface area contributed by atoms with Crippen LogP contribution in [0.1, 0.15) is 19.3 Å². The number of carbonyl (C=O) groups excluding carboxylic acids is 2. The molecule has 1 fully saturated rings. The van der Waals surface area contributed by atoms with Gasteiger partial charge in [-0.3, -0.25) is 4.79 Å². The van der Waals surface area contributed by atoms with E-state index >= 15 is 0 Å². The summed E-state index contributed by atoms with van der Waals surface area (Å²) in [7, 11) is 0. The molecule has 0 aromatic heterocycles. The molecule has 1 aromatic rings. The van der Waals surface area contributed by atoms with Crippen LogP contribution in [0.3, 0.4) is 0 Å². The van der Waals surface area contributed by atoms with Crippen molar-refractivity contribution in [1.82, 2.24) is 10.2 Å². The number of carbonyl (C=O) groups is 2. The Labute approximate surface area is 150 Å². The number of piperidine rings is 1. The zero-order valence-corrected chi connectivity index (χ0v) is 15.2. The molecule has 8 heteroatoms. The normalized spacial score (nSPS) is 17.1. The van der Waals surface area contributed by atoms with Crippen molar-refractivity contribution in [3.05, 3.63) is 28.7 Å². The molecule has 0 spiro atoms. The number of urea groups is 1. The number of anilines is 1. The van der Waals surface area contributed by atoms with Crippen molar-refractivity contribution in [2.24, 2.45) is 5.73 Å². The first-order valence-corrected chi connectivity index (χ1v) is 8.17. The summed E-state index contributed by atoms with van der Waals surface area (Å²) in [5, 5.41) is 5.40. The van der Waals surface area contributed by atoms with Crippen LogP contribution in [0, 0.1) is 0 Å². The molecule has 0 bridgehead atoms. The van der Waals surface area contributed by atoms with Crippen molar-refractivity contribution in [1.29, 1.82) is 0 Å². The van der Waals surface area contributed by atoms with Gasteiger partial charge in [0.15, 0.2) is 0 Å². The standard InChI is InChI=1S/C15H21BrN4O2.ClH/c16-11-3-5-13(6-4-11)19-15(22)18-8-7-14(21)20-9-1-2-12(17)10-20;/h3-6,12H,1-2,7-10,17H2,(H2,18,19,22);1H. The monoisotopic (exact) mass is 404 g/mol. The van der Waals surface area contributed by atoms with E-state index < -0.39 is 0 Å². The van der Waals surface area contributed by atoms with E-state index in [0.29, 0.717) is 25.2 Å². The van der Waals surface area contributed by atoms with Crippen molar-refractivity contribution in [2.75, 3.05) is 25.0 Å². The maximum Gasteiger partial charge on any atom is 0.319 e. The first-order valence-electron chi connectivity index (χ1n) is 7.38. The van der Waals surface area contributed by atoms with Crippen molar-refractivity contribution >= 4 is 46.0 Å². The molecule has 128 valence electrons. The van der Waals surface area contributed by atoms with E-state index in [0.717, 1.165) is 23.9 Å². The molecule has 1 atom stereocenters. The van der Waals surface area contributed by atoms with E-state index in [2.05, 4.69) is 26.6 Å². The molecule has 2 rings (SSSR count). The number of hydrogen-bond donors (Lipinski definition) is 3. The number of hydrogen-bond acceptors (Lipinski definition) is 3. The van der Waals surface area contributed by atoms with Crippen LogP contribution in [0.15, 0.2) is 28.7 Å². The van der Waals surface area contributed by atoms with E-state index in [9.17, 15) is 9.59 Å². The molecule has 6 nitrogen and oxygen atoms in total. The highest BCUT2D eigenvalue weighted by Crippen LogP contribution is 2.14. The lowest BCUT2D eigenvalue weighted by molar-refractivity contribution is -0.132. The summed E-state index contributed by atoms with van der Waals surface area (Å²) in [6, 6.07) is 7.04. The third-order valence-corrected chi connectivity index (χ3v) is 4.07. The highest BCUT2D eigenvalue weighted by molar-refractivity contribution is 9.10. The first-order chi connectivity index (χ1) is 10.5. The number of rotatable bonds is 4. The van der Waals surface area contributed by atoms with Gasteiger partial charge in [0.2, 0.25) is 5.91 Å². The number of amides is 3. The van der Waals surface area contributed by atoms with Crippen molar-refractivity contribution in [2.45, 2.75) is 25.3 Å². The molecular weight excluding hydrogens is 384 g/mol. The second-order valence-electron chi connectivity index (χ2n) is 5.38. The minimum Gasteiger partial charge on any atom is -0.341 e. The van der Waals surface area contributed by atoms with Crippen LogP contribution in [0.2, 0.25) is 0 Å². The minimum atomic E-state index is -0.314. The van der Waals surface area contributed by atoms with Gasteiger partial charge in [0, 0.05) is 42.3 Å². The molecule has 1 unspecified atom stereocenters. The van der Waals surface area contributed by atoms with Gasteiger partial charge < -0.3 is 21.3 Å². The fourth-order valence-electron chi connectivity index (χ4n) is 2.39. The van der Waals surface area contributed by atoms with Crippen molar-refractivity contribution in [3.8, 4) is 0 Å². The maximum atomic E-state index is 12.0. The number of nitrogens with one attached hydrogen (secondary N) is 2. The van der Waals surface area contributed by atoms with E-state index in [1.54, 1.807) is 17.0 Å². The van der Waals surface area contributed by atoms with Gasteiger partial charge in [0.1, 0.15) is 0 Å². The summed E-state index contributed by atoms with van der Waals surface area (Å²) in [5.41, 5.74) is 6.56. The summed E-state index contributed by atoms with van der Waals surface area (Å²) in [4.78, 5) is 25.5. The first kappa shape index (κ1) is 19.7. The predicted molar refractivity (Wildman–Crippen MR) is 96.8 cm³/mol. The Hall–Kier alpha value is -1.31. The summed E-state index contributed by atoms with van der Waals surface area (Å²) < 4.78 is 0.948. The minimum absolute atomic E-state index is 0. The molecule has 1 heterocycles. The number of benzene rings is 1. The van der Waals surface area contributed by atoms with Crippen LogP contribution >= 0.6 is 28.3 Å². The zero-order valence-electron chi connectivity index (χ0n) is 12.8. The molecule has 1 aliphatic rings. The van der Waals surface area contributed by atoms with Crippen LogP contribution in [-0.2, 0) is 4.79 Å². The average molecular weight is 406 g/mol. The quantitative estimate of drug-likeness (QED) is 0.718. The average Bonchev–Trinajstić information content (AvgIpc) is 2.49. The van der Waals surface area contributed by atoms with Gasteiger partial charge >= 0.3 is 6.03 Å². The van der Waals surface area contributed by atoms with E-state index in [1.807, 2.05) is 12.1 Å². The van der Waals surface area contributed by atoms with Gasteiger partial charge in [0.05, 0.1) is 0 Å². The maximum absolute atomic E-state index is 12.0. The summed E-state index contributed by atoms with van der Waals surface area (Å²) in [5.74, 6) is 0.0408. The topological polar surface area (TPSA) is 87.5 Å². The van der Waals surface area contributed by atoms with Crippen LogP contribution in [-0.4, -0.2) is 42.5 Å². The predicted octanol–water partition coefficient (Wildman–Crippen LogP) is 2.33. The number of nitrogens with zero attached hydrogens (tertiary/aromatic N) is 1. The zero-order chi connectivity index (χ0) is 15.9. The van der Waals surface area contributed by atoms with Crippen LogP contribution in [0.25, 0.3) is 0 Å². The molecule has 4 N–H and O–H groups in total. The van der Waals surface area contributed by atoms with Gasteiger partial charge in [-0.25, -0.2) is 4.79 Å². The Balaban J connectivity index is 0.00000264. The van der Waals surface area contributed by atoms with Crippen LogP contribution in [0.4, 0.5) is 10.5 Å². The summed E-state index contributed by atoms with van der Waals surface area (Å²) >= 11 is 3.33. The van der Waals surface area contributed by atoms with Crippen molar-refractivity contribution in [3.63, 3.8) is 0 Å². The third-order valence-electron chi connectivity index (χ3n) is 3.54. The molecule has 3 amide bonds. The highest BCUT2D eigenvalue weighted by atomic mass is 79.9. The van der Waals surface area contributed by atoms with Gasteiger partial charge in [-0.05, 0) is 37.1 Å². The third kappa shape index (κ3) is 6.76. The van der Waals surface area contributed by atoms with E-state index in [1.165, 1.54) is 0 Å². The van der Waals surface area contributed by atoms with Gasteiger partial charge in [-0.1, -0.05) is 15.9 Å². The second-order valence-corrected chi connectivity index (χ2v) is 6.30. The number of nitrogens with two attached hydrogens (primary N) is 1. The van der Waals surface area contributed by atoms with E-state index in [-0.39, 0.29) is 30.4 Å². The Morgan fingerprint density at radius 3 is 2.65 bits per heavy atom. The largest absolute Gasteiger partial charge is 0.341 e. The van der Waals surface area contributed by atoms with Gasteiger partial charge in [-0.15, -0.1) is 12.4 Å². The Morgan fingerprint density at radius 1 is 1.30 bits per heavy atom. The lowest BCUT2D eigenvalue weighted by Gasteiger charge is -2.30. The molecule has 1 aromatic carbocycles. The Kier molecular flexibility index (Phi) is 8.36. The number of halogens is 2. The number of likely N-dealkylation sites (tertiary alicyclic amines) is 1. The molecule has 0 saturated carbocycles. The summed E-state index contributed by atoms with van der Waals surface area (Å²) in [6.07, 6.45) is 2.21. The van der Waals surface area contributed by atoms with Gasteiger partial charge in [-0.2, -0.15) is 0 Å².